The minimum atomic E-state index is -0.340. The van der Waals surface area contributed by atoms with Gasteiger partial charge < -0.3 is 29.2 Å². The number of nitriles is 2. The number of carbonyl (C=O) groups excluding carboxylic acids is 1. The fourth-order valence-electron chi connectivity index (χ4n) is 6.55. The van der Waals surface area contributed by atoms with Gasteiger partial charge in [0.2, 0.25) is 0 Å². The van der Waals surface area contributed by atoms with E-state index in [-0.39, 0.29) is 25.5 Å². The number of methoxy groups -OCH3 is 2. The highest BCUT2D eigenvalue weighted by Crippen LogP contribution is 2.33. The number of nitrogens with zero attached hydrogens (tertiary/aromatic N) is 4. The second-order valence-electron chi connectivity index (χ2n) is 17.1. The third kappa shape index (κ3) is 26.6. The van der Waals surface area contributed by atoms with Crippen LogP contribution in [-0.4, -0.2) is 53.5 Å². The van der Waals surface area contributed by atoms with Crippen LogP contribution >= 0.6 is 214 Å². The van der Waals surface area contributed by atoms with E-state index in [1.54, 1.807) is 25.3 Å². The lowest BCUT2D eigenvalue weighted by Crippen LogP contribution is -2.22. The van der Waals surface area contributed by atoms with Crippen molar-refractivity contribution in [1.29, 1.82) is 10.5 Å². The number of hydrogen-bond donors (Lipinski definition) is 2. The molecule has 7 rings (SSSR count). The van der Waals surface area contributed by atoms with Crippen LogP contribution in [0, 0.1) is 29.6 Å². The summed E-state index contributed by atoms with van der Waals surface area (Å²) in [6.07, 6.45) is 3.92. The molecule has 82 heavy (non-hydrogen) atoms. The van der Waals surface area contributed by atoms with Crippen molar-refractivity contribution in [2.45, 2.75) is 95.6 Å². The van der Waals surface area contributed by atoms with Crippen molar-refractivity contribution in [3.8, 4) is 12.1 Å². The number of aliphatic hydroxyl groups excluding tert-OH is 2. The highest BCUT2D eigenvalue weighted by atomic mass is 79.9. The van der Waals surface area contributed by atoms with Crippen LogP contribution < -0.4 is 0 Å². The normalized spacial score (nSPS) is 12.2. The summed E-state index contributed by atoms with van der Waals surface area (Å²) in [6.45, 7) is 11.3. The molecular formula is C57H54Br12Cl2N4O7. The molecule has 0 spiro atoms. The van der Waals surface area contributed by atoms with Crippen molar-refractivity contribution in [3.63, 3.8) is 0 Å². The number of aromatic nitrogens is 2. The maximum Gasteiger partial charge on any atom is 0.337 e. The highest BCUT2D eigenvalue weighted by Gasteiger charge is 2.16. The molecule has 442 valence electrons. The number of carbonyl (C=O) groups is 1. The molecule has 1 atom stereocenters. The molecule has 0 aliphatic carbocycles. The van der Waals surface area contributed by atoms with Crippen LogP contribution in [0.4, 0.5) is 0 Å². The van der Waals surface area contributed by atoms with Gasteiger partial charge in [-0.15, -0.1) is 10.2 Å². The summed E-state index contributed by atoms with van der Waals surface area (Å²) in [5, 5.41) is 44.7. The van der Waals surface area contributed by atoms with Crippen molar-refractivity contribution < 1.29 is 34.0 Å². The second-order valence-corrected chi connectivity index (χ2v) is 27.6. The summed E-state index contributed by atoms with van der Waals surface area (Å²) in [7, 11) is 2.98. The lowest BCUT2D eigenvalue weighted by molar-refractivity contribution is -0.168. The Morgan fingerprint density at radius 3 is 1.41 bits per heavy atom. The van der Waals surface area contributed by atoms with E-state index in [0.717, 1.165) is 125 Å². The number of alkyl halides is 2. The van der Waals surface area contributed by atoms with Crippen LogP contribution in [0.3, 0.4) is 0 Å². The van der Waals surface area contributed by atoms with Gasteiger partial charge in [-0.05, 0) is 149 Å². The standard InChI is InChI=1S/C14H15Br2NO2.C10H10Br2O.C9H7Br3O2.C9H7Br2NO.C8H7Br3O.C7H8Cl2N2/c15-12-7-10(8-13(16)11(12)4-5-17)9-19-14-3-1-2-6-18-14;1-6-9(11)4-8(5-10(6)12)7(2)13-3;1-14-9(13)5-2-7(11)6(4-10)8(12)3-5;10-8-3-6(5-13)4-9(11)7(8)1-2-12;9-3-6-7(10)1-5(4-12)2-8(6)11;1-4(2)5-3-6(8)10-11-7(5)9/h7-8,14H,1-4,6,9H2;4-5H,2H2,1,3H3;2-3H,4H2,1H3;3-4,13H,1,5H2;1-2,12H,3-4H2;3-4H,1-2H3. The van der Waals surface area contributed by atoms with E-state index in [2.05, 4.69) is 225 Å². The second kappa shape index (κ2) is 41.5. The Morgan fingerprint density at radius 2 is 1.06 bits per heavy atom. The third-order valence-corrected chi connectivity index (χ3v) is 20.0. The highest BCUT2D eigenvalue weighted by molar-refractivity contribution is 9.12. The number of rotatable bonds is 13. The fraction of sp³-hybridized carbons (Fsp3) is 0.316. The number of aliphatic hydroxyl groups is 2. The number of ether oxygens (including phenoxy) is 4. The van der Waals surface area contributed by atoms with Gasteiger partial charge >= 0.3 is 5.97 Å². The molecular weight excluding hydrogens is 1880 g/mol. The molecule has 0 radical (unpaired) electrons. The molecule has 5 aromatic carbocycles. The van der Waals surface area contributed by atoms with E-state index in [9.17, 15) is 4.79 Å². The molecule has 1 aliphatic heterocycles. The predicted octanol–water partition coefficient (Wildman–Crippen LogP) is 21.6. The first-order chi connectivity index (χ1) is 38.8. The van der Waals surface area contributed by atoms with Crippen LogP contribution in [0.5, 0.6) is 0 Å². The Kier molecular flexibility index (Phi) is 39.2. The number of benzene rings is 5. The Bertz CT molecular complexity index is 3060. The monoisotopic (exact) mass is 1920 g/mol. The summed E-state index contributed by atoms with van der Waals surface area (Å²) < 4.78 is 30.4. The minimum absolute atomic E-state index is 0.00400. The molecule has 6 aromatic rings. The summed E-state index contributed by atoms with van der Waals surface area (Å²) in [4.78, 5) is 11.2. The summed E-state index contributed by atoms with van der Waals surface area (Å²) in [5.74, 6) is 0.657. The van der Waals surface area contributed by atoms with Crippen LogP contribution in [-0.2, 0) is 62.3 Å². The molecule has 0 bridgehead atoms. The lowest BCUT2D eigenvalue weighted by atomic mass is 10.1. The molecule has 1 unspecified atom stereocenters. The fourth-order valence-corrected chi connectivity index (χ4v) is 17.1. The van der Waals surface area contributed by atoms with Crippen molar-refractivity contribution in [2.75, 3.05) is 20.8 Å². The summed E-state index contributed by atoms with van der Waals surface area (Å²) in [6, 6.07) is 24.9. The van der Waals surface area contributed by atoms with Gasteiger partial charge in [-0.1, -0.05) is 235 Å². The SMILES string of the molecule is C=C(OC)c1cc(Br)c(C)c(Br)c1.CC(C)c1cc(Cl)nnc1Cl.COC(=O)c1cc(Br)c(CBr)c(Br)c1.N#CCc1c(Br)cc(CO)cc1Br.N#CCc1c(Br)cc(COC2CCCCO2)cc1Br.OCc1cc(Br)c(CBr)c(Br)c1. The van der Waals surface area contributed by atoms with E-state index in [0.29, 0.717) is 47.0 Å². The van der Waals surface area contributed by atoms with Crippen molar-refractivity contribution in [2.24, 2.45) is 0 Å². The molecule has 2 heterocycles. The molecule has 1 fully saturated rings. The first kappa shape index (κ1) is 77.4. The summed E-state index contributed by atoms with van der Waals surface area (Å²) in [5.41, 5.74) is 10.5. The Morgan fingerprint density at radius 1 is 0.646 bits per heavy atom. The van der Waals surface area contributed by atoms with Crippen molar-refractivity contribution in [1.82, 2.24) is 10.2 Å². The Labute approximate surface area is 591 Å². The lowest BCUT2D eigenvalue weighted by Gasteiger charge is -2.22. The minimum Gasteiger partial charge on any atom is -0.497 e. The molecule has 2 N–H and O–H groups in total. The first-order valence-electron chi connectivity index (χ1n) is 24.0. The number of halogens is 14. The van der Waals surface area contributed by atoms with Gasteiger partial charge in [-0.3, -0.25) is 0 Å². The van der Waals surface area contributed by atoms with E-state index in [1.165, 1.54) is 19.1 Å². The van der Waals surface area contributed by atoms with Crippen LogP contribution in [0.2, 0.25) is 10.3 Å². The molecule has 1 aromatic heterocycles. The molecule has 0 amide bonds. The van der Waals surface area contributed by atoms with Gasteiger partial charge in [-0.2, -0.15) is 10.5 Å². The molecule has 11 nitrogen and oxygen atoms in total. The van der Waals surface area contributed by atoms with Crippen LogP contribution in [0.1, 0.15) is 105 Å². The first-order valence-corrected chi connectivity index (χ1v) is 34.9. The topological polar surface area (TPSA) is 168 Å². The average molecular weight is 1940 g/mol. The van der Waals surface area contributed by atoms with E-state index < -0.39 is 0 Å². The average Bonchev–Trinajstić information content (AvgIpc) is 3.50. The molecule has 1 aliphatic rings. The Hall–Kier alpha value is -0.650. The van der Waals surface area contributed by atoms with Gasteiger partial charge in [0.1, 0.15) is 5.76 Å². The Balaban J connectivity index is 0.000000339. The molecule has 1 saturated heterocycles. The van der Waals surface area contributed by atoms with E-state index in [1.807, 2.05) is 69.3 Å². The van der Waals surface area contributed by atoms with Gasteiger partial charge in [-0.25, -0.2) is 4.79 Å². The maximum absolute atomic E-state index is 11.2. The van der Waals surface area contributed by atoms with Gasteiger partial charge in [0.05, 0.1) is 64.6 Å². The smallest absolute Gasteiger partial charge is 0.337 e. The van der Waals surface area contributed by atoms with Crippen LogP contribution in [0.25, 0.3) is 5.76 Å². The number of hydrogen-bond acceptors (Lipinski definition) is 11. The van der Waals surface area contributed by atoms with Gasteiger partial charge in [0.25, 0.3) is 0 Å². The zero-order valence-electron chi connectivity index (χ0n) is 44.5. The van der Waals surface area contributed by atoms with Crippen molar-refractivity contribution in [3.05, 3.63) is 190 Å². The quantitative estimate of drug-likeness (QED) is 0.0641. The zero-order chi connectivity index (χ0) is 61.8. The largest absolute Gasteiger partial charge is 0.497 e. The van der Waals surface area contributed by atoms with Crippen molar-refractivity contribution >= 4 is 226 Å². The number of esters is 1. The zero-order valence-corrected chi connectivity index (χ0v) is 65.1. The summed E-state index contributed by atoms with van der Waals surface area (Å²) >= 11 is 52.4. The van der Waals surface area contributed by atoms with Crippen LogP contribution in [0.15, 0.2) is 118 Å². The predicted molar refractivity (Wildman–Crippen MR) is 372 cm³/mol. The van der Waals surface area contributed by atoms with Gasteiger partial charge in [0, 0.05) is 67.6 Å². The molecule has 25 heteroatoms. The maximum atomic E-state index is 11.2. The van der Waals surface area contributed by atoms with Gasteiger partial charge in [0.15, 0.2) is 16.6 Å². The van der Waals surface area contributed by atoms with E-state index in [4.69, 9.17) is 58.1 Å². The molecule has 0 saturated carbocycles. The third-order valence-electron chi connectivity index (χ3n) is 11.1. The van der Waals surface area contributed by atoms with E-state index >= 15 is 0 Å².